The molecule has 132 valence electrons. The summed E-state index contributed by atoms with van der Waals surface area (Å²) in [6.45, 7) is 4.30. The van der Waals surface area contributed by atoms with Gasteiger partial charge in [-0.1, -0.05) is 44.2 Å². The van der Waals surface area contributed by atoms with E-state index < -0.39 is 0 Å². The molecule has 0 bridgehead atoms. The Balaban J connectivity index is 1.91. The normalized spacial score (nSPS) is 18.1. The third-order valence-corrected chi connectivity index (χ3v) is 5.94. The highest BCUT2D eigenvalue weighted by molar-refractivity contribution is 7.98. The fourth-order valence-corrected chi connectivity index (χ4v) is 4.09. The van der Waals surface area contributed by atoms with Gasteiger partial charge in [0.1, 0.15) is 11.4 Å². The lowest BCUT2D eigenvalue weighted by atomic mass is 9.83. The van der Waals surface area contributed by atoms with Crippen LogP contribution in [0.4, 0.5) is 0 Å². The zero-order valence-electron chi connectivity index (χ0n) is 15.0. The maximum Gasteiger partial charge on any atom is 0.252 e. The Labute approximate surface area is 154 Å². The van der Waals surface area contributed by atoms with Crippen LogP contribution < -0.4 is 10.1 Å². The standard InChI is InChI=1S/C21H25NO2S/c1-4-21(5-2)14-17(15-10-6-8-12-18(15)24-21)22-20(23)16-11-7-9-13-19(16)25-3/h6-13,17H,4-5,14H2,1-3H3,(H,22,23)/t17-/m1/s1. The molecule has 1 aliphatic heterocycles. The Hall–Kier alpha value is -1.94. The van der Waals surface area contributed by atoms with Crippen LogP contribution in [-0.2, 0) is 0 Å². The second-order valence-electron chi connectivity index (χ2n) is 6.46. The third-order valence-electron chi connectivity index (χ3n) is 5.14. The molecule has 1 atom stereocenters. The SMILES string of the molecule is CCC1(CC)C[C@@H](NC(=O)c2ccccc2SC)c2ccccc2O1. The zero-order valence-corrected chi connectivity index (χ0v) is 15.9. The molecular weight excluding hydrogens is 330 g/mol. The maximum absolute atomic E-state index is 12.9. The number of fused-ring (bicyclic) bond motifs is 1. The van der Waals surface area contributed by atoms with E-state index in [4.69, 9.17) is 4.74 Å². The lowest BCUT2D eigenvalue weighted by molar-refractivity contribution is 0.0227. The van der Waals surface area contributed by atoms with Gasteiger partial charge in [0.2, 0.25) is 0 Å². The fraction of sp³-hybridized carbons (Fsp3) is 0.381. The van der Waals surface area contributed by atoms with Gasteiger partial charge in [0.15, 0.2) is 0 Å². The topological polar surface area (TPSA) is 38.3 Å². The van der Waals surface area contributed by atoms with Crippen LogP contribution in [0.3, 0.4) is 0 Å². The molecule has 4 heteroatoms. The Kier molecular flexibility index (Phi) is 5.38. The van der Waals surface area contributed by atoms with Crippen molar-refractivity contribution < 1.29 is 9.53 Å². The number of para-hydroxylation sites is 1. The Morgan fingerprint density at radius 3 is 2.56 bits per heavy atom. The van der Waals surface area contributed by atoms with Gasteiger partial charge in [-0.15, -0.1) is 11.8 Å². The lowest BCUT2D eigenvalue weighted by Gasteiger charge is -2.41. The molecule has 3 nitrogen and oxygen atoms in total. The first-order chi connectivity index (χ1) is 12.1. The van der Waals surface area contributed by atoms with Gasteiger partial charge in [-0.05, 0) is 37.3 Å². The van der Waals surface area contributed by atoms with Crippen LogP contribution in [0.15, 0.2) is 53.4 Å². The third kappa shape index (κ3) is 3.54. The molecule has 3 rings (SSSR count). The minimum Gasteiger partial charge on any atom is -0.487 e. The van der Waals surface area contributed by atoms with Crippen molar-refractivity contribution in [1.29, 1.82) is 0 Å². The van der Waals surface area contributed by atoms with E-state index in [0.29, 0.717) is 0 Å². The van der Waals surface area contributed by atoms with E-state index in [2.05, 4.69) is 25.2 Å². The largest absolute Gasteiger partial charge is 0.487 e. The van der Waals surface area contributed by atoms with E-state index in [1.807, 2.05) is 48.7 Å². The monoisotopic (exact) mass is 355 g/mol. The van der Waals surface area contributed by atoms with E-state index >= 15 is 0 Å². The minimum absolute atomic E-state index is 0.0206. The van der Waals surface area contributed by atoms with Crippen molar-refractivity contribution in [2.75, 3.05) is 6.26 Å². The van der Waals surface area contributed by atoms with Crippen LogP contribution >= 0.6 is 11.8 Å². The van der Waals surface area contributed by atoms with Crippen molar-refractivity contribution in [3.05, 3.63) is 59.7 Å². The number of ether oxygens (including phenoxy) is 1. The summed E-state index contributed by atoms with van der Waals surface area (Å²) in [5.41, 5.74) is 1.58. The Bertz CT molecular complexity index is 755. The van der Waals surface area contributed by atoms with Crippen LogP contribution in [0.25, 0.3) is 0 Å². The van der Waals surface area contributed by atoms with Gasteiger partial charge in [-0.3, -0.25) is 4.79 Å². The quantitative estimate of drug-likeness (QED) is 0.747. The van der Waals surface area contributed by atoms with Crippen LogP contribution in [0.5, 0.6) is 5.75 Å². The van der Waals surface area contributed by atoms with Gasteiger partial charge < -0.3 is 10.1 Å². The van der Waals surface area contributed by atoms with Gasteiger partial charge in [-0.2, -0.15) is 0 Å². The summed E-state index contributed by atoms with van der Waals surface area (Å²) in [7, 11) is 0. The predicted octanol–water partition coefficient (Wildman–Crippen LogP) is 5.22. The highest BCUT2D eigenvalue weighted by Crippen LogP contribution is 2.42. The highest BCUT2D eigenvalue weighted by Gasteiger charge is 2.39. The molecule has 2 aromatic rings. The Morgan fingerprint density at radius 1 is 1.16 bits per heavy atom. The average molecular weight is 356 g/mol. The average Bonchev–Trinajstić information content (AvgIpc) is 2.67. The van der Waals surface area contributed by atoms with Gasteiger partial charge in [-0.25, -0.2) is 0 Å². The molecule has 0 saturated heterocycles. The van der Waals surface area contributed by atoms with Gasteiger partial charge in [0.05, 0.1) is 11.6 Å². The first kappa shape index (κ1) is 17.9. The maximum atomic E-state index is 12.9. The number of amides is 1. The van der Waals surface area contributed by atoms with Crippen molar-refractivity contribution in [2.45, 2.75) is 49.6 Å². The van der Waals surface area contributed by atoms with E-state index in [0.717, 1.165) is 41.0 Å². The van der Waals surface area contributed by atoms with Gasteiger partial charge in [0, 0.05) is 16.9 Å². The zero-order chi connectivity index (χ0) is 17.9. The molecule has 0 saturated carbocycles. The first-order valence-electron chi connectivity index (χ1n) is 8.84. The van der Waals surface area contributed by atoms with Crippen molar-refractivity contribution in [2.24, 2.45) is 0 Å². The lowest BCUT2D eigenvalue weighted by Crippen LogP contribution is -2.44. The first-order valence-corrected chi connectivity index (χ1v) is 10.1. The molecule has 0 fully saturated rings. The van der Waals surface area contributed by atoms with Crippen molar-refractivity contribution in [3.63, 3.8) is 0 Å². The minimum atomic E-state index is -0.217. The number of thioether (sulfide) groups is 1. The van der Waals surface area contributed by atoms with E-state index in [-0.39, 0.29) is 17.6 Å². The molecule has 0 unspecified atom stereocenters. The predicted molar refractivity (Wildman–Crippen MR) is 103 cm³/mol. The summed E-state index contributed by atoms with van der Waals surface area (Å²) < 4.78 is 6.32. The van der Waals surface area contributed by atoms with E-state index in [1.165, 1.54) is 0 Å². The summed E-state index contributed by atoms with van der Waals surface area (Å²) >= 11 is 1.59. The molecule has 1 heterocycles. The van der Waals surface area contributed by atoms with Crippen LogP contribution in [0.1, 0.15) is 55.1 Å². The number of carbonyl (C=O) groups excluding carboxylic acids is 1. The molecule has 1 amide bonds. The molecule has 0 aliphatic carbocycles. The smallest absolute Gasteiger partial charge is 0.252 e. The van der Waals surface area contributed by atoms with E-state index in [1.54, 1.807) is 11.8 Å². The van der Waals surface area contributed by atoms with Gasteiger partial charge >= 0.3 is 0 Å². The number of carbonyl (C=O) groups is 1. The van der Waals surface area contributed by atoms with Crippen molar-refractivity contribution in [1.82, 2.24) is 5.32 Å². The molecule has 2 aromatic carbocycles. The van der Waals surface area contributed by atoms with Crippen molar-refractivity contribution in [3.8, 4) is 5.75 Å². The Morgan fingerprint density at radius 2 is 1.84 bits per heavy atom. The number of hydrogen-bond acceptors (Lipinski definition) is 3. The number of hydrogen-bond donors (Lipinski definition) is 1. The molecule has 25 heavy (non-hydrogen) atoms. The van der Waals surface area contributed by atoms with Crippen LogP contribution in [0.2, 0.25) is 0 Å². The summed E-state index contributed by atoms with van der Waals surface area (Å²) in [4.78, 5) is 13.9. The summed E-state index contributed by atoms with van der Waals surface area (Å²) in [5.74, 6) is 0.869. The summed E-state index contributed by atoms with van der Waals surface area (Å²) in [5, 5.41) is 3.26. The molecular formula is C21H25NO2S. The fourth-order valence-electron chi connectivity index (χ4n) is 3.50. The second kappa shape index (κ2) is 7.52. The van der Waals surface area contributed by atoms with Crippen molar-refractivity contribution >= 4 is 17.7 Å². The molecule has 0 aromatic heterocycles. The number of nitrogens with one attached hydrogen (secondary N) is 1. The molecule has 0 radical (unpaired) electrons. The molecule has 1 N–H and O–H groups in total. The second-order valence-corrected chi connectivity index (χ2v) is 7.31. The molecule has 0 spiro atoms. The number of rotatable bonds is 5. The van der Waals surface area contributed by atoms with Crippen LogP contribution in [-0.4, -0.2) is 17.8 Å². The van der Waals surface area contributed by atoms with Gasteiger partial charge in [0.25, 0.3) is 5.91 Å². The summed E-state index contributed by atoms with van der Waals surface area (Å²) in [6.07, 6.45) is 4.64. The highest BCUT2D eigenvalue weighted by atomic mass is 32.2. The van der Waals surface area contributed by atoms with Crippen LogP contribution in [0, 0.1) is 0 Å². The molecule has 1 aliphatic rings. The summed E-state index contributed by atoms with van der Waals surface area (Å²) in [6, 6.07) is 15.8. The van der Waals surface area contributed by atoms with E-state index in [9.17, 15) is 4.79 Å². The number of benzene rings is 2.